The van der Waals surface area contributed by atoms with Crippen LogP contribution in [0.5, 0.6) is 0 Å². The highest BCUT2D eigenvalue weighted by molar-refractivity contribution is 6.04. The quantitative estimate of drug-likeness (QED) is 0.211. The molecule has 0 radical (unpaired) electrons. The Morgan fingerprint density at radius 3 is 2.07 bits per heavy atom. The number of hydrogen-bond donors (Lipinski definition) is 2. The molecule has 41 heavy (non-hydrogen) atoms. The fourth-order valence-corrected chi connectivity index (χ4v) is 5.16. The minimum absolute atomic E-state index is 0.0209. The second-order valence-electron chi connectivity index (χ2n) is 11.3. The second kappa shape index (κ2) is 14.0. The number of benzene rings is 3. The van der Waals surface area contributed by atoms with Crippen LogP contribution in [-0.2, 0) is 5.41 Å². The molecule has 0 fully saturated rings. The Morgan fingerprint density at radius 1 is 0.927 bits per heavy atom. The number of nitrogens with one attached hydrogen (secondary N) is 2. The van der Waals surface area contributed by atoms with Gasteiger partial charge < -0.3 is 10.6 Å². The molecule has 0 saturated heterocycles. The molecule has 3 aromatic carbocycles. The van der Waals surface area contributed by atoms with E-state index in [1.54, 1.807) is 0 Å². The van der Waals surface area contributed by atoms with Crippen molar-refractivity contribution in [1.29, 1.82) is 0 Å². The number of allylic oxidation sites excluding steroid dienone is 4. The first kappa shape index (κ1) is 29.9. The molecule has 0 amide bonds. The first-order valence-corrected chi connectivity index (χ1v) is 14.9. The average molecular weight is 544 g/mol. The van der Waals surface area contributed by atoms with Gasteiger partial charge in [0, 0.05) is 18.7 Å². The Morgan fingerprint density at radius 2 is 1.54 bits per heavy atom. The minimum Gasteiger partial charge on any atom is -0.386 e. The fraction of sp³-hybridized carbons (Fsp3) is 0.289. The molecule has 3 nitrogen and oxygen atoms in total. The van der Waals surface area contributed by atoms with Crippen molar-refractivity contribution in [2.45, 2.75) is 65.3 Å². The molecule has 0 aromatic heterocycles. The van der Waals surface area contributed by atoms with Gasteiger partial charge in [-0.15, -0.1) is 0 Å². The van der Waals surface area contributed by atoms with E-state index in [2.05, 4.69) is 155 Å². The van der Waals surface area contributed by atoms with Gasteiger partial charge in [0.2, 0.25) is 0 Å². The van der Waals surface area contributed by atoms with Gasteiger partial charge >= 0.3 is 0 Å². The fourth-order valence-electron chi connectivity index (χ4n) is 5.16. The lowest BCUT2D eigenvalue weighted by Gasteiger charge is -2.23. The van der Waals surface area contributed by atoms with E-state index in [4.69, 9.17) is 4.99 Å². The topological polar surface area (TPSA) is 36.4 Å². The summed E-state index contributed by atoms with van der Waals surface area (Å²) in [5.41, 5.74) is 10.4. The molecule has 1 aliphatic rings. The number of aliphatic imine (C=N–C) groups is 1. The van der Waals surface area contributed by atoms with E-state index in [1.807, 2.05) is 0 Å². The molecule has 2 N–H and O–H groups in total. The van der Waals surface area contributed by atoms with Crippen LogP contribution in [0.2, 0.25) is 0 Å². The summed E-state index contributed by atoms with van der Waals surface area (Å²) in [6.07, 6.45) is 9.24. The molecule has 0 aliphatic carbocycles. The number of hydrogen-bond acceptors (Lipinski definition) is 3. The monoisotopic (exact) mass is 543 g/mol. The van der Waals surface area contributed by atoms with Gasteiger partial charge in [0.1, 0.15) is 0 Å². The molecule has 1 heterocycles. The van der Waals surface area contributed by atoms with Crippen LogP contribution in [0.15, 0.2) is 137 Å². The van der Waals surface area contributed by atoms with Gasteiger partial charge in [0.25, 0.3) is 0 Å². The van der Waals surface area contributed by atoms with Gasteiger partial charge in [-0.1, -0.05) is 124 Å². The highest BCUT2D eigenvalue weighted by Crippen LogP contribution is 2.33. The van der Waals surface area contributed by atoms with Crippen LogP contribution in [0.1, 0.15) is 82.2 Å². The summed E-state index contributed by atoms with van der Waals surface area (Å²) in [7, 11) is 0. The predicted molar refractivity (Wildman–Crippen MR) is 176 cm³/mol. The number of nitrogens with zero attached hydrogens (tertiary/aromatic N) is 1. The highest BCUT2D eigenvalue weighted by Gasteiger charge is 2.24. The maximum absolute atomic E-state index is 5.22. The van der Waals surface area contributed by atoms with Crippen molar-refractivity contribution < 1.29 is 0 Å². The van der Waals surface area contributed by atoms with Crippen LogP contribution in [0, 0.1) is 0 Å². The molecular weight excluding hydrogens is 498 g/mol. The number of rotatable bonds is 13. The Bertz CT molecular complexity index is 1380. The van der Waals surface area contributed by atoms with Gasteiger partial charge in [-0.25, -0.2) is 0 Å². The van der Waals surface area contributed by atoms with E-state index >= 15 is 0 Å². The molecule has 1 aliphatic heterocycles. The largest absolute Gasteiger partial charge is 0.386 e. The second-order valence-corrected chi connectivity index (χ2v) is 11.3. The normalized spacial score (nSPS) is 14.1. The average Bonchev–Trinajstić information content (AvgIpc) is 3.44. The summed E-state index contributed by atoms with van der Waals surface area (Å²) in [6.45, 7) is 16.5. The molecule has 3 heteroatoms. The van der Waals surface area contributed by atoms with Crippen LogP contribution in [0.4, 0.5) is 0 Å². The van der Waals surface area contributed by atoms with E-state index in [0.29, 0.717) is 0 Å². The van der Waals surface area contributed by atoms with Crippen LogP contribution >= 0.6 is 0 Å². The third-order valence-electron chi connectivity index (χ3n) is 8.07. The van der Waals surface area contributed by atoms with E-state index < -0.39 is 0 Å². The third-order valence-corrected chi connectivity index (χ3v) is 8.07. The summed E-state index contributed by atoms with van der Waals surface area (Å²) in [5.74, 6) is 0. The van der Waals surface area contributed by atoms with Crippen molar-refractivity contribution in [3.8, 4) is 0 Å². The van der Waals surface area contributed by atoms with Crippen molar-refractivity contribution >= 4 is 5.71 Å². The summed E-state index contributed by atoms with van der Waals surface area (Å²) >= 11 is 0. The van der Waals surface area contributed by atoms with Crippen LogP contribution in [-0.4, -0.2) is 12.3 Å². The zero-order valence-electron chi connectivity index (χ0n) is 25.4. The Balaban J connectivity index is 1.65. The molecule has 3 aromatic rings. The zero-order chi connectivity index (χ0) is 29.2. The summed E-state index contributed by atoms with van der Waals surface area (Å²) in [6, 6.07) is 30.1. The van der Waals surface area contributed by atoms with Crippen molar-refractivity contribution in [3.63, 3.8) is 0 Å². The van der Waals surface area contributed by atoms with Gasteiger partial charge in [-0.05, 0) is 66.0 Å². The van der Waals surface area contributed by atoms with Crippen molar-refractivity contribution in [2.24, 2.45) is 4.99 Å². The van der Waals surface area contributed by atoms with Crippen molar-refractivity contribution in [2.75, 3.05) is 6.54 Å². The van der Waals surface area contributed by atoms with Gasteiger partial charge in [-0.3, -0.25) is 4.99 Å². The Kier molecular flexibility index (Phi) is 10.2. The first-order chi connectivity index (χ1) is 19.9. The molecule has 0 saturated carbocycles. The van der Waals surface area contributed by atoms with Gasteiger partial charge in [0.05, 0.1) is 23.1 Å². The molecule has 212 valence electrons. The van der Waals surface area contributed by atoms with Crippen LogP contribution in [0.3, 0.4) is 0 Å². The first-order valence-electron chi connectivity index (χ1n) is 14.9. The Labute approximate surface area is 247 Å². The number of likely N-dealkylation sites (N-methyl/N-ethyl adjacent to an activating group) is 1. The highest BCUT2D eigenvalue weighted by atomic mass is 15.0. The van der Waals surface area contributed by atoms with Gasteiger partial charge in [-0.2, -0.15) is 0 Å². The van der Waals surface area contributed by atoms with Crippen LogP contribution < -0.4 is 10.6 Å². The van der Waals surface area contributed by atoms with E-state index in [0.717, 1.165) is 48.6 Å². The Hall–Kier alpha value is -4.11. The smallest absolute Gasteiger partial charge is 0.0857 e. The summed E-state index contributed by atoms with van der Waals surface area (Å²) < 4.78 is 0. The SMILES string of the molecule is C=C(NC(c1ccccc1)c1ccccc1)C1=C(C/C=C\C(=C/C)NCC)CC(c2ccc(C(C)(C)CC)cc2)=N1. The van der Waals surface area contributed by atoms with Crippen molar-refractivity contribution in [1.82, 2.24) is 10.6 Å². The molecule has 4 rings (SSSR count). The summed E-state index contributed by atoms with van der Waals surface area (Å²) in [5, 5.41) is 7.16. The molecule has 0 atom stereocenters. The predicted octanol–water partition coefficient (Wildman–Crippen LogP) is 9.17. The molecule has 0 bridgehead atoms. The molecule has 0 unspecified atom stereocenters. The maximum Gasteiger partial charge on any atom is 0.0857 e. The lowest BCUT2D eigenvalue weighted by atomic mass is 9.82. The third kappa shape index (κ3) is 7.55. The zero-order valence-corrected chi connectivity index (χ0v) is 25.4. The standard InChI is InChI=1S/C38H45N3/c1-7-34(39-9-3)22-16-21-32-27-35(29-23-25-33(26-24-29)38(5,6)8-2)41-36(32)28(4)40-37(30-17-12-10-13-18-30)31-19-14-11-15-20-31/h7,10-20,22-26,37,39-40H,4,8-9,21,27H2,1-3,5-6H3/b22-16-,34-7+. The van der Waals surface area contributed by atoms with Gasteiger partial charge in [0.15, 0.2) is 0 Å². The van der Waals surface area contributed by atoms with E-state index in [1.165, 1.54) is 27.8 Å². The van der Waals surface area contributed by atoms with E-state index in [9.17, 15) is 0 Å². The maximum atomic E-state index is 5.22. The molecular formula is C38H45N3. The summed E-state index contributed by atoms with van der Waals surface area (Å²) in [4.78, 5) is 5.22. The van der Waals surface area contributed by atoms with Crippen LogP contribution in [0.25, 0.3) is 0 Å². The van der Waals surface area contributed by atoms with E-state index in [-0.39, 0.29) is 11.5 Å². The molecule has 0 spiro atoms. The lowest BCUT2D eigenvalue weighted by Crippen LogP contribution is -2.22. The minimum atomic E-state index is -0.0209. The van der Waals surface area contributed by atoms with Crippen molar-refractivity contribution in [3.05, 3.63) is 155 Å². The lowest BCUT2D eigenvalue weighted by molar-refractivity contribution is 0.506.